The highest BCUT2D eigenvalue weighted by Crippen LogP contribution is 2.20. The third-order valence-electron chi connectivity index (χ3n) is 5.21. The number of likely N-dealkylation sites (tertiary alicyclic amines) is 1. The van der Waals surface area contributed by atoms with Crippen molar-refractivity contribution in [1.29, 1.82) is 0 Å². The molecule has 5 heteroatoms. The van der Waals surface area contributed by atoms with E-state index in [1.807, 2.05) is 21.9 Å². The van der Waals surface area contributed by atoms with E-state index in [0.717, 1.165) is 25.6 Å². The van der Waals surface area contributed by atoms with Crippen LogP contribution in [0, 0.1) is 11.7 Å². The van der Waals surface area contributed by atoms with Gasteiger partial charge in [-0.15, -0.1) is 0 Å². The summed E-state index contributed by atoms with van der Waals surface area (Å²) in [6.07, 6.45) is 3.16. The van der Waals surface area contributed by atoms with Crippen LogP contribution in [0.15, 0.2) is 24.3 Å². The summed E-state index contributed by atoms with van der Waals surface area (Å²) in [5, 5.41) is 0. The highest BCUT2D eigenvalue weighted by Gasteiger charge is 2.23. The lowest BCUT2D eigenvalue weighted by atomic mass is 10.0. The van der Waals surface area contributed by atoms with Gasteiger partial charge in [0.25, 0.3) is 0 Å². The molecule has 1 atom stereocenters. The number of para-hydroxylation sites is 1. The zero-order valence-corrected chi connectivity index (χ0v) is 14.6. The van der Waals surface area contributed by atoms with E-state index in [1.54, 1.807) is 6.07 Å². The Labute approximate surface area is 144 Å². The second kappa shape index (κ2) is 7.97. The topological polar surface area (TPSA) is 26.8 Å². The molecule has 2 aliphatic heterocycles. The van der Waals surface area contributed by atoms with Crippen molar-refractivity contribution in [3.63, 3.8) is 0 Å². The smallest absolute Gasteiger partial charge is 0.223 e. The molecule has 0 N–H and O–H groups in total. The van der Waals surface area contributed by atoms with Crippen molar-refractivity contribution in [2.45, 2.75) is 26.2 Å². The SMILES string of the molecule is C[C@@H]1CCCN(CCC(=O)N2CCN(c3ccccc3F)CC2)C1. The lowest BCUT2D eigenvalue weighted by Gasteiger charge is -2.37. The first-order chi connectivity index (χ1) is 11.6. The number of carbonyl (C=O) groups excluding carboxylic acids is 1. The summed E-state index contributed by atoms with van der Waals surface area (Å²) >= 11 is 0. The predicted molar refractivity (Wildman–Crippen MR) is 94.6 cm³/mol. The maximum Gasteiger partial charge on any atom is 0.223 e. The lowest BCUT2D eigenvalue weighted by Crippen LogP contribution is -2.49. The fourth-order valence-corrected chi connectivity index (χ4v) is 3.81. The maximum absolute atomic E-state index is 13.9. The Kier molecular flexibility index (Phi) is 5.72. The van der Waals surface area contributed by atoms with Gasteiger partial charge >= 0.3 is 0 Å². The number of hydrogen-bond donors (Lipinski definition) is 0. The summed E-state index contributed by atoms with van der Waals surface area (Å²) < 4.78 is 13.9. The number of carbonyl (C=O) groups is 1. The zero-order chi connectivity index (χ0) is 16.9. The summed E-state index contributed by atoms with van der Waals surface area (Å²) in [6, 6.07) is 6.87. The van der Waals surface area contributed by atoms with Crippen LogP contribution in [0.4, 0.5) is 10.1 Å². The van der Waals surface area contributed by atoms with Gasteiger partial charge in [0, 0.05) is 45.7 Å². The molecule has 0 aromatic heterocycles. The minimum absolute atomic E-state index is 0.184. The molecule has 2 saturated heterocycles. The van der Waals surface area contributed by atoms with Gasteiger partial charge in [0.15, 0.2) is 0 Å². The minimum Gasteiger partial charge on any atom is -0.366 e. The predicted octanol–water partition coefficient (Wildman–Crippen LogP) is 2.60. The van der Waals surface area contributed by atoms with Crippen molar-refractivity contribution in [1.82, 2.24) is 9.80 Å². The van der Waals surface area contributed by atoms with E-state index in [0.29, 0.717) is 38.3 Å². The third kappa shape index (κ3) is 4.26. The van der Waals surface area contributed by atoms with Crippen LogP contribution in [-0.2, 0) is 4.79 Å². The molecule has 1 amide bonds. The van der Waals surface area contributed by atoms with Crippen LogP contribution in [0.2, 0.25) is 0 Å². The summed E-state index contributed by atoms with van der Waals surface area (Å²) in [5.41, 5.74) is 0.645. The van der Waals surface area contributed by atoms with E-state index in [4.69, 9.17) is 0 Å². The molecule has 0 radical (unpaired) electrons. The van der Waals surface area contributed by atoms with Crippen LogP contribution in [0.5, 0.6) is 0 Å². The van der Waals surface area contributed by atoms with E-state index in [-0.39, 0.29) is 11.7 Å². The van der Waals surface area contributed by atoms with Gasteiger partial charge < -0.3 is 14.7 Å². The number of piperazine rings is 1. The summed E-state index contributed by atoms with van der Waals surface area (Å²) in [7, 11) is 0. The second-order valence-corrected chi connectivity index (χ2v) is 7.12. The first-order valence-electron chi connectivity index (χ1n) is 9.13. The van der Waals surface area contributed by atoms with Crippen molar-refractivity contribution in [2.75, 3.05) is 50.7 Å². The molecule has 2 aliphatic rings. The average molecular weight is 333 g/mol. The van der Waals surface area contributed by atoms with E-state index < -0.39 is 0 Å². The zero-order valence-electron chi connectivity index (χ0n) is 14.6. The molecule has 0 saturated carbocycles. The van der Waals surface area contributed by atoms with Crippen molar-refractivity contribution in [3.8, 4) is 0 Å². The number of amides is 1. The molecule has 2 heterocycles. The highest BCUT2D eigenvalue weighted by atomic mass is 19.1. The van der Waals surface area contributed by atoms with Gasteiger partial charge in [0.05, 0.1) is 5.69 Å². The van der Waals surface area contributed by atoms with Crippen LogP contribution in [0.1, 0.15) is 26.2 Å². The highest BCUT2D eigenvalue weighted by molar-refractivity contribution is 5.76. The Morgan fingerprint density at radius 1 is 1.17 bits per heavy atom. The fraction of sp³-hybridized carbons (Fsp3) is 0.632. The minimum atomic E-state index is -0.184. The molecule has 1 aromatic rings. The molecule has 0 spiro atoms. The lowest BCUT2D eigenvalue weighted by molar-refractivity contribution is -0.131. The van der Waals surface area contributed by atoms with Crippen LogP contribution in [0.25, 0.3) is 0 Å². The largest absolute Gasteiger partial charge is 0.366 e. The van der Waals surface area contributed by atoms with Crippen molar-refractivity contribution >= 4 is 11.6 Å². The summed E-state index contributed by atoms with van der Waals surface area (Å²) in [4.78, 5) is 18.8. The number of rotatable bonds is 4. The Morgan fingerprint density at radius 3 is 2.62 bits per heavy atom. The van der Waals surface area contributed by atoms with Crippen molar-refractivity contribution in [2.24, 2.45) is 5.92 Å². The molecular weight excluding hydrogens is 305 g/mol. The van der Waals surface area contributed by atoms with Gasteiger partial charge in [0.2, 0.25) is 5.91 Å². The van der Waals surface area contributed by atoms with Gasteiger partial charge in [0.1, 0.15) is 5.82 Å². The molecule has 132 valence electrons. The molecule has 4 nitrogen and oxygen atoms in total. The van der Waals surface area contributed by atoms with E-state index in [9.17, 15) is 9.18 Å². The van der Waals surface area contributed by atoms with Gasteiger partial charge in [-0.05, 0) is 37.4 Å². The van der Waals surface area contributed by atoms with Crippen molar-refractivity contribution in [3.05, 3.63) is 30.1 Å². The summed E-state index contributed by atoms with van der Waals surface area (Å²) in [5.74, 6) is 0.802. The molecule has 0 bridgehead atoms. The number of benzene rings is 1. The van der Waals surface area contributed by atoms with Crippen LogP contribution in [0.3, 0.4) is 0 Å². The van der Waals surface area contributed by atoms with Crippen LogP contribution >= 0.6 is 0 Å². The van der Waals surface area contributed by atoms with E-state index in [1.165, 1.54) is 18.9 Å². The Morgan fingerprint density at radius 2 is 1.92 bits per heavy atom. The first kappa shape index (κ1) is 17.2. The fourth-order valence-electron chi connectivity index (χ4n) is 3.81. The number of nitrogens with zero attached hydrogens (tertiary/aromatic N) is 3. The maximum atomic E-state index is 13.9. The average Bonchev–Trinajstić information content (AvgIpc) is 2.60. The number of hydrogen-bond acceptors (Lipinski definition) is 3. The number of piperidine rings is 1. The Balaban J connectivity index is 1.44. The Bertz CT molecular complexity index is 557. The van der Waals surface area contributed by atoms with Gasteiger partial charge in [-0.1, -0.05) is 19.1 Å². The molecular formula is C19H28FN3O. The van der Waals surface area contributed by atoms with Crippen LogP contribution in [-0.4, -0.2) is 61.5 Å². The quantitative estimate of drug-likeness (QED) is 0.847. The second-order valence-electron chi connectivity index (χ2n) is 7.12. The monoisotopic (exact) mass is 333 g/mol. The standard InChI is InChI=1S/C19H28FN3O/c1-16-5-4-9-21(15-16)10-8-19(24)23-13-11-22(12-14-23)18-7-3-2-6-17(18)20/h2-3,6-7,16H,4-5,8-15H2,1H3/t16-/m1/s1. The normalized spacial score (nSPS) is 22.7. The number of anilines is 1. The molecule has 0 unspecified atom stereocenters. The van der Waals surface area contributed by atoms with E-state index >= 15 is 0 Å². The summed E-state index contributed by atoms with van der Waals surface area (Å²) in [6.45, 7) is 8.17. The van der Waals surface area contributed by atoms with Gasteiger partial charge in [-0.25, -0.2) is 4.39 Å². The van der Waals surface area contributed by atoms with Crippen LogP contribution < -0.4 is 4.90 Å². The number of halogens is 1. The first-order valence-corrected chi connectivity index (χ1v) is 9.13. The Hall–Kier alpha value is -1.62. The molecule has 2 fully saturated rings. The van der Waals surface area contributed by atoms with Gasteiger partial charge in [-0.3, -0.25) is 4.79 Å². The molecule has 1 aromatic carbocycles. The third-order valence-corrected chi connectivity index (χ3v) is 5.21. The molecule has 3 rings (SSSR count). The molecule has 24 heavy (non-hydrogen) atoms. The molecule has 0 aliphatic carbocycles. The van der Waals surface area contributed by atoms with E-state index in [2.05, 4.69) is 11.8 Å². The van der Waals surface area contributed by atoms with Crippen molar-refractivity contribution < 1.29 is 9.18 Å². The van der Waals surface area contributed by atoms with Gasteiger partial charge in [-0.2, -0.15) is 0 Å².